The number of fused-ring (bicyclic) bond motifs is 1. The molecular weight excluding hydrogens is 160 g/mol. The minimum Gasteiger partial charge on any atom is -0.299 e. The van der Waals surface area contributed by atoms with Crippen LogP contribution in [0, 0.1) is 23.2 Å². The van der Waals surface area contributed by atoms with Gasteiger partial charge in [0.15, 0.2) is 0 Å². The molecule has 0 radical (unpaired) electrons. The molecule has 3 atom stereocenters. The molecule has 2 fully saturated rings. The van der Waals surface area contributed by atoms with Crippen LogP contribution in [-0.4, -0.2) is 5.78 Å². The van der Waals surface area contributed by atoms with Crippen LogP contribution >= 0.6 is 0 Å². The molecule has 0 heterocycles. The van der Waals surface area contributed by atoms with Crippen LogP contribution in [0.2, 0.25) is 0 Å². The number of hydrogen-bond donors (Lipinski definition) is 0. The molecule has 2 saturated carbocycles. The zero-order valence-electron chi connectivity index (χ0n) is 9.14. The fraction of sp³-hybridized carbons (Fsp3) is 0.750. The first kappa shape index (κ1) is 8.98. The van der Waals surface area contributed by atoms with Gasteiger partial charge < -0.3 is 0 Å². The average molecular weight is 178 g/mol. The number of rotatable bonds is 1. The Kier molecular flexibility index (Phi) is 1.56. The Bertz CT molecular complexity index is 305. The fourth-order valence-electron chi connectivity index (χ4n) is 3.26. The summed E-state index contributed by atoms with van der Waals surface area (Å²) in [5.41, 5.74) is 3.22. The van der Waals surface area contributed by atoms with E-state index in [4.69, 9.17) is 0 Å². The van der Waals surface area contributed by atoms with Gasteiger partial charge in [0.05, 0.1) is 0 Å². The Hall–Kier alpha value is -0.590. The molecule has 1 nitrogen and oxygen atoms in total. The molecule has 13 heavy (non-hydrogen) atoms. The minimum absolute atomic E-state index is 0.269. The van der Waals surface area contributed by atoms with E-state index in [1.54, 1.807) is 6.92 Å². The number of Topliss-reactive ketones (excluding diaryl/α,β-unsaturated/α-hetero) is 1. The maximum Gasteiger partial charge on any atom is 0.137 e. The Morgan fingerprint density at radius 3 is 2.08 bits per heavy atom. The third-order valence-corrected chi connectivity index (χ3v) is 3.96. The lowest BCUT2D eigenvalue weighted by Crippen LogP contribution is -2.27. The topological polar surface area (TPSA) is 17.1 Å². The second-order valence-electron chi connectivity index (χ2n) is 5.37. The summed E-state index contributed by atoms with van der Waals surface area (Å²) in [7, 11) is 0. The lowest BCUT2D eigenvalue weighted by atomic mass is 9.75. The molecule has 2 rings (SSSR count). The van der Waals surface area contributed by atoms with Crippen molar-refractivity contribution in [3.05, 3.63) is 11.1 Å². The van der Waals surface area contributed by atoms with E-state index in [9.17, 15) is 4.79 Å². The van der Waals surface area contributed by atoms with Gasteiger partial charge in [0.2, 0.25) is 0 Å². The van der Waals surface area contributed by atoms with E-state index in [-0.39, 0.29) is 5.92 Å². The van der Waals surface area contributed by atoms with Crippen molar-refractivity contribution in [1.82, 2.24) is 0 Å². The maximum atomic E-state index is 11.4. The van der Waals surface area contributed by atoms with Crippen LogP contribution in [0.1, 0.15) is 34.6 Å². The monoisotopic (exact) mass is 178 g/mol. The molecule has 0 aromatic rings. The molecule has 0 amide bonds. The molecule has 2 aliphatic carbocycles. The van der Waals surface area contributed by atoms with Crippen LogP contribution in [0.25, 0.3) is 0 Å². The largest absolute Gasteiger partial charge is 0.299 e. The van der Waals surface area contributed by atoms with Gasteiger partial charge in [0.1, 0.15) is 5.78 Å². The van der Waals surface area contributed by atoms with Gasteiger partial charge in [0.25, 0.3) is 0 Å². The van der Waals surface area contributed by atoms with Gasteiger partial charge in [-0.3, -0.25) is 4.79 Å². The maximum absolute atomic E-state index is 11.4. The average Bonchev–Trinajstić information content (AvgIpc) is 2.21. The van der Waals surface area contributed by atoms with Gasteiger partial charge in [-0.1, -0.05) is 25.0 Å². The van der Waals surface area contributed by atoms with E-state index in [2.05, 4.69) is 27.7 Å². The molecule has 0 aromatic carbocycles. The lowest BCUT2D eigenvalue weighted by molar-refractivity contribution is -0.121. The number of allylic oxidation sites excluding steroid dienone is 2. The normalized spacial score (nSPS) is 39.2. The van der Waals surface area contributed by atoms with Gasteiger partial charge >= 0.3 is 0 Å². The summed E-state index contributed by atoms with van der Waals surface area (Å²) in [6, 6.07) is 0. The fourth-order valence-corrected chi connectivity index (χ4v) is 3.26. The first-order valence-corrected chi connectivity index (χ1v) is 5.06. The van der Waals surface area contributed by atoms with Crippen LogP contribution in [0.4, 0.5) is 0 Å². The highest BCUT2D eigenvalue weighted by Gasteiger charge is 2.72. The molecule has 0 spiro atoms. The Morgan fingerprint density at radius 2 is 1.77 bits per heavy atom. The second-order valence-corrected chi connectivity index (χ2v) is 5.37. The first-order chi connectivity index (χ1) is 5.89. The summed E-state index contributed by atoms with van der Waals surface area (Å²) in [6.45, 7) is 10.6. The zero-order valence-corrected chi connectivity index (χ0v) is 9.14. The quantitative estimate of drug-likeness (QED) is 0.564. The molecule has 0 aliphatic heterocycles. The van der Waals surface area contributed by atoms with Crippen LogP contribution in [-0.2, 0) is 4.79 Å². The van der Waals surface area contributed by atoms with Gasteiger partial charge in [0, 0.05) is 5.92 Å². The van der Waals surface area contributed by atoms with Crippen LogP contribution in [0.3, 0.4) is 0 Å². The summed E-state index contributed by atoms with van der Waals surface area (Å²) < 4.78 is 0. The molecule has 0 N–H and O–H groups in total. The van der Waals surface area contributed by atoms with Crippen molar-refractivity contribution in [3.63, 3.8) is 0 Å². The highest BCUT2D eigenvalue weighted by Crippen LogP contribution is 2.76. The van der Waals surface area contributed by atoms with Crippen molar-refractivity contribution in [3.8, 4) is 0 Å². The number of ketones is 1. The van der Waals surface area contributed by atoms with E-state index in [0.717, 1.165) is 5.92 Å². The third-order valence-electron chi connectivity index (χ3n) is 3.96. The van der Waals surface area contributed by atoms with E-state index in [1.807, 2.05) is 0 Å². The summed E-state index contributed by atoms with van der Waals surface area (Å²) in [6.07, 6.45) is 0. The molecule has 0 aromatic heterocycles. The molecule has 0 bridgehead atoms. The summed E-state index contributed by atoms with van der Waals surface area (Å²) in [5.74, 6) is 2.02. The summed E-state index contributed by atoms with van der Waals surface area (Å²) >= 11 is 0. The molecule has 72 valence electrons. The Balaban J connectivity index is 2.33. The standard InChI is InChI=1S/C12H18O/c1-6(2)8-9(7(3)13)11-10(8)12(11,4)5/h9-11H,1-5H3. The Morgan fingerprint density at radius 1 is 1.23 bits per heavy atom. The second kappa shape index (κ2) is 2.26. The first-order valence-electron chi connectivity index (χ1n) is 5.06. The molecule has 2 aliphatic rings. The van der Waals surface area contributed by atoms with Crippen molar-refractivity contribution in [2.45, 2.75) is 34.6 Å². The van der Waals surface area contributed by atoms with E-state index >= 15 is 0 Å². The third kappa shape index (κ3) is 0.905. The van der Waals surface area contributed by atoms with E-state index in [1.165, 1.54) is 11.1 Å². The van der Waals surface area contributed by atoms with Crippen molar-refractivity contribution in [2.75, 3.05) is 0 Å². The minimum atomic E-state index is 0.269. The highest BCUT2D eigenvalue weighted by atomic mass is 16.1. The Labute approximate surface area is 80.2 Å². The summed E-state index contributed by atoms with van der Waals surface area (Å²) in [5, 5.41) is 0. The van der Waals surface area contributed by atoms with Gasteiger partial charge in [-0.25, -0.2) is 0 Å². The smallest absolute Gasteiger partial charge is 0.137 e. The van der Waals surface area contributed by atoms with Gasteiger partial charge in [-0.05, 0) is 38.0 Å². The number of carbonyl (C=O) groups excluding carboxylic acids is 1. The van der Waals surface area contributed by atoms with Crippen molar-refractivity contribution < 1.29 is 4.79 Å². The number of hydrogen-bond acceptors (Lipinski definition) is 1. The van der Waals surface area contributed by atoms with Crippen LogP contribution in [0.15, 0.2) is 11.1 Å². The molecular formula is C12H18O. The van der Waals surface area contributed by atoms with Gasteiger partial charge in [-0.2, -0.15) is 0 Å². The molecule has 3 unspecified atom stereocenters. The van der Waals surface area contributed by atoms with Gasteiger partial charge in [-0.15, -0.1) is 0 Å². The lowest BCUT2D eigenvalue weighted by Gasteiger charge is -2.28. The molecule has 1 heteroatoms. The van der Waals surface area contributed by atoms with Crippen LogP contribution in [0.5, 0.6) is 0 Å². The number of carbonyl (C=O) groups is 1. The molecule has 0 saturated heterocycles. The van der Waals surface area contributed by atoms with Crippen LogP contribution < -0.4 is 0 Å². The van der Waals surface area contributed by atoms with Crippen molar-refractivity contribution >= 4 is 5.78 Å². The van der Waals surface area contributed by atoms with E-state index < -0.39 is 0 Å². The van der Waals surface area contributed by atoms with Crippen molar-refractivity contribution in [2.24, 2.45) is 23.2 Å². The summed E-state index contributed by atoms with van der Waals surface area (Å²) in [4.78, 5) is 11.4. The SMILES string of the molecule is CC(=O)C1C(=C(C)C)C2C1C2(C)C. The predicted octanol–water partition coefficient (Wildman–Crippen LogP) is 2.81. The van der Waals surface area contributed by atoms with E-state index in [0.29, 0.717) is 17.1 Å². The van der Waals surface area contributed by atoms with Crippen molar-refractivity contribution in [1.29, 1.82) is 0 Å². The predicted molar refractivity (Wildman–Crippen MR) is 53.3 cm³/mol. The zero-order chi connectivity index (χ0) is 9.96. The highest BCUT2D eigenvalue weighted by molar-refractivity contribution is 5.86.